The molecule has 0 aromatic heterocycles. The third-order valence-corrected chi connectivity index (χ3v) is 16.8. The Morgan fingerprint density at radius 3 is 0.903 bits per heavy atom. The first kappa shape index (κ1) is 30.3. The Bertz CT molecular complexity index is 847. The molecule has 0 aliphatic heterocycles. The number of hydrogen-bond donors (Lipinski definition) is 2. The number of hydrogen-bond acceptors (Lipinski definition) is 3. The molecule has 13 heteroatoms. The summed E-state index contributed by atoms with van der Waals surface area (Å²) >= 11 is 35.7. The van der Waals surface area contributed by atoms with Gasteiger partial charge in [0.15, 0.2) is 0 Å². The van der Waals surface area contributed by atoms with Gasteiger partial charge in [0.2, 0.25) is 0 Å². The molecule has 2 N–H and O–H groups in total. The summed E-state index contributed by atoms with van der Waals surface area (Å²) in [6, 6.07) is 0. The van der Waals surface area contributed by atoms with E-state index in [-0.39, 0.29) is 13.2 Å². The number of rotatable bonds is 8. The van der Waals surface area contributed by atoms with Crippen LogP contribution >= 0.6 is 159 Å². The standard InChI is InChI=1S/C18H12Br10O3/c19-9-7(10(20)14(24)17(27)13(9)23)1-5(3-29)31-6(4-30)2-8-11(21)15(25)18(28)16(26)12(8)22/h5-6,29-30H,1-4H2. The summed E-state index contributed by atoms with van der Waals surface area (Å²) in [5.74, 6) is 0. The maximum Gasteiger partial charge on any atom is 0.0851 e. The van der Waals surface area contributed by atoms with Crippen molar-refractivity contribution in [2.45, 2.75) is 25.0 Å². The highest BCUT2D eigenvalue weighted by atomic mass is 79.9. The van der Waals surface area contributed by atoms with Gasteiger partial charge in [0.25, 0.3) is 0 Å². The van der Waals surface area contributed by atoms with Crippen molar-refractivity contribution in [2.24, 2.45) is 0 Å². The highest BCUT2D eigenvalue weighted by Gasteiger charge is 2.25. The molecule has 2 unspecified atom stereocenters. The molecule has 0 spiro atoms. The molecule has 172 valence electrons. The van der Waals surface area contributed by atoms with Gasteiger partial charge in [-0.3, -0.25) is 0 Å². The summed E-state index contributed by atoms with van der Waals surface area (Å²) in [6.07, 6.45) is -0.196. The summed E-state index contributed by atoms with van der Waals surface area (Å²) in [7, 11) is 0. The topological polar surface area (TPSA) is 49.7 Å². The van der Waals surface area contributed by atoms with Gasteiger partial charge in [-0.15, -0.1) is 0 Å². The zero-order chi connectivity index (χ0) is 23.6. The van der Waals surface area contributed by atoms with Crippen molar-refractivity contribution >= 4 is 159 Å². The Morgan fingerprint density at radius 2 is 0.677 bits per heavy atom. The van der Waals surface area contributed by atoms with Crippen molar-refractivity contribution in [2.75, 3.05) is 13.2 Å². The van der Waals surface area contributed by atoms with Gasteiger partial charge in [0.05, 0.1) is 25.4 Å². The Hall–Kier alpha value is 3.12. The number of ether oxygens (including phenoxy) is 1. The van der Waals surface area contributed by atoms with Gasteiger partial charge in [0, 0.05) is 57.6 Å². The summed E-state index contributed by atoms with van der Waals surface area (Å²) < 4.78 is 14.7. The van der Waals surface area contributed by atoms with Gasteiger partial charge in [-0.1, -0.05) is 0 Å². The highest BCUT2D eigenvalue weighted by molar-refractivity contribution is 9.16. The first-order valence-electron chi connectivity index (χ1n) is 8.33. The van der Waals surface area contributed by atoms with Gasteiger partial charge < -0.3 is 14.9 Å². The molecule has 0 aliphatic rings. The lowest BCUT2D eigenvalue weighted by atomic mass is 10.1. The van der Waals surface area contributed by atoms with E-state index in [4.69, 9.17) is 4.74 Å². The fraction of sp³-hybridized carbons (Fsp3) is 0.333. The molecule has 31 heavy (non-hydrogen) atoms. The minimum atomic E-state index is -0.524. The summed E-state index contributed by atoms with van der Waals surface area (Å²) in [5.41, 5.74) is 1.85. The van der Waals surface area contributed by atoms with Gasteiger partial charge in [-0.05, 0) is 170 Å². The van der Waals surface area contributed by atoms with Crippen LogP contribution in [-0.2, 0) is 17.6 Å². The molecule has 2 atom stereocenters. The Labute approximate surface area is 264 Å². The van der Waals surface area contributed by atoms with E-state index in [1.807, 2.05) is 0 Å². The van der Waals surface area contributed by atoms with Crippen molar-refractivity contribution in [3.63, 3.8) is 0 Å². The van der Waals surface area contributed by atoms with Crippen LogP contribution in [0.15, 0.2) is 44.7 Å². The smallest absolute Gasteiger partial charge is 0.0851 e. The van der Waals surface area contributed by atoms with E-state index in [1.54, 1.807) is 0 Å². The van der Waals surface area contributed by atoms with E-state index < -0.39 is 12.2 Å². The van der Waals surface area contributed by atoms with Crippen LogP contribution in [-0.4, -0.2) is 35.6 Å². The first-order chi connectivity index (χ1) is 14.5. The van der Waals surface area contributed by atoms with Crippen molar-refractivity contribution in [3.8, 4) is 0 Å². The van der Waals surface area contributed by atoms with Crippen LogP contribution < -0.4 is 0 Å². The number of aliphatic hydroxyl groups is 2. The van der Waals surface area contributed by atoms with Gasteiger partial charge in [-0.25, -0.2) is 0 Å². The molecule has 2 aromatic carbocycles. The zero-order valence-electron chi connectivity index (χ0n) is 15.1. The molecule has 3 nitrogen and oxygen atoms in total. The molecular formula is C18H12Br10O3. The predicted molar refractivity (Wildman–Crippen MR) is 160 cm³/mol. The SMILES string of the molecule is OCC(Cc1c(Br)c(Br)c(Br)c(Br)c1Br)OC(CO)Cc1c(Br)c(Br)c(Br)c(Br)c1Br. The van der Waals surface area contributed by atoms with E-state index in [0.29, 0.717) is 12.8 Å². The third-order valence-electron chi connectivity index (χ3n) is 4.26. The van der Waals surface area contributed by atoms with Crippen LogP contribution in [0, 0.1) is 0 Å². The normalized spacial score (nSPS) is 13.5. The third kappa shape index (κ3) is 7.12. The first-order valence-corrected chi connectivity index (χ1v) is 16.3. The Balaban J connectivity index is 2.30. The fourth-order valence-electron chi connectivity index (χ4n) is 2.70. The average molecular weight is 1080 g/mol. The van der Waals surface area contributed by atoms with Crippen LogP contribution in [0.4, 0.5) is 0 Å². The summed E-state index contributed by atoms with van der Waals surface area (Å²) in [6.45, 7) is -0.395. The molecule has 0 saturated carbocycles. The second kappa shape index (κ2) is 13.6. The minimum absolute atomic E-state index is 0.198. The molecular weight excluding hydrogens is 1060 g/mol. The molecule has 0 bridgehead atoms. The van der Waals surface area contributed by atoms with Gasteiger partial charge in [0.1, 0.15) is 0 Å². The lowest BCUT2D eigenvalue weighted by Crippen LogP contribution is -2.31. The monoisotopic (exact) mass is 1070 g/mol. The summed E-state index contributed by atoms with van der Waals surface area (Å²) in [5, 5.41) is 20.0. The van der Waals surface area contributed by atoms with Crippen molar-refractivity contribution in [1.82, 2.24) is 0 Å². The highest BCUT2D eigenvalue weighted by Crippen LogP contribution is 2.46. The maximum absolute atomic E-state index is 10.00. The van der Waals surface area contributed by atoms with Crippen molar-refractivity contribution < 1.29 is 14.9 Å². The van der Waals surface area contributed by atoms with E-state index in [0.717, 1.165) is 55.9 Å². The number of benzene rings is 2. The molecule has 2 rings (SSSR count). The quantitative estimate of drug-likeness (QED) is 0.205. The van der Waals surface area contributed by atoms with Crippen molar-refractivity contribution in [1.29, 1.82) is 0 Å². The molecule has 0 fully saturated rings. The largest absolute Gasteiger partial charge is 0.394 e. The van der Waals surface area contributed by atoms with Crippen LogP contribution in [0.5, 0.6) is 0 Å². The fourth-order valence-corrected chi connectivity index (χ4v) is 9.60. The van der Waals surface area contributed by atoms with E-state index >= 15 is 0 Å². The van der Waals surface area contributed by atoms with Crippen LogP contribution in [0.2, 0.25) is 0 Å². The second-order valence-corrected chi connectivity index (χ2v) is 14.2. The van der Waals surface area contributed by atoms with Crippen LogP contribution in [0.3, 0.4) is 0 Å². The van der Waals surface area contributed by atoms with E-state index in [1.165, 1.54) is 0 Å². The molecule has 0 saturated heterocycles. The van der Waals surface area contributed by atoms with Gasteiger partial charge in [-0.2, -0.15) is 0 Å². The lowest BCUT2D eigenvalue weighted by Gasteiger charge is -2.25. The van der Waals surface area contributed by atoms with Crippen LogP contribution in [0.1, 0.15) is 11.1 Å². The number of halogens is 10. The second-order valence-electron chi connectivity index (χ2n) is 6.25. The van der Waals surface area contributed by atoms with Crippen molar-refractivity contribution in [3.05, 3.63) is 55.9 Å². The predicted octanol–water partition coefficient (Wildman–Crippen LogP) is 9.84. The molecule has 0 amide bonds. The van der Waals surface area contributed by atoms with E-state index in [9.17, 15) is 10.2 Å². The van der Waals surface area contributed by atoms with Crippen LogP contribution in [0.25, 0.3) is 0 Å². The Kier molecular flexibility index (Phi) is 13.3. The zero-order valence-corrected chi connectivity index (χ0v) is 30.9. The van der Waals surface area contributed by atoms with E-state index in [2.05, 4.69) is 159 Å². The molecule has 2 aromatic rings. The Morgan fingerprint density at radius 1 is 0.452 bits per heavy atom. The summed E-state index contributed by atoms with van der Waals surface area (Å²) in [4.78, 5) is 0. The van der Waals surface area contributed by atoms with Gasteiger partial charge >= 0.3 is 0 Å². The lowest BCUT2D eigenvalue weighted by molar-refractivity contribution is -0.0590. The number of aliphatic hydroxyl groups excluding tert-OH is 2. The molecule has 0 heterocycles. The molecule has 0 aliphatic carbocycles. The average Bonchev–Trinajstić information content (AvgIpc) is 2.77. The maximum atomic E-state index is 10.00. The minimum Gasteiger partial charge on any atom is -0.394 e. The molecule has 0 radical (unpaired) electrons.